The van der Waals surface area contributed by atoms with Gasteiger partial charge in [0.25, 0.3) is 0 Å². The van der Waals surface area contributed by atoms with E-state index in [1.54, 1.807) is 6.92 Å². The van der Waals surface area contributed by atoms with Crippen molar-refractivity contribution in [3.8, 4) is 0 Å². The molecular weight excluding hydrogens is 273 g/mol. The average Bonchev–Trinajstić information content (AvgIpc) is 2.79. The van der Waals surface area contributed by atoms with E-state index in [0.717, 1.165) is 12.8 Å². The van der Waals surface area contributed by atoms with Crippen LogP contribution in [0, 0.1) is 5.41 Å². The van der Waals surface area contributed by atoms with Crippen molar-refractivity contribution in [3.63, 3.8) is 0 Å². The second-order valence-electron chi connectivity index (χ2n) is 6.04. The molecule has 0 amide bonds. The van der Waals surface area contributed by atoms with Gasteiger partial charge in [-0.3, -0.25) is 4.79 Å². The molecule has 1 aromatic carbocycles. The maximum Gasteiger partial charge on any atom is 0.135 e. The monoisotopic (exact) mass is 298 g/mol. The first-order valence-electron chi connectivity index (χ1n) is 7.02. The molecule has 1 unspecified atom stereocenters. The van der Waals surface area contributed by atoms with Gasteiger partial charge in [0.05, 0.1) is 0 Å². The number of nitrogens with one attached hydrogen (secondary N) is 1. The molecule has 2 rings (SSSR count). The Morgan fingerprint density at radius 2 is 2.00 bits per heavy atom. The Kier molecular flexibility index (Phi) is 6.67. The number of hydrogen-bond acceptors (Lipinski definition) is 1. The fourth-order valence-corrected chi connectivity index (χ4v) is 2.67. The van der Waals surface area contributed by atoms with Crippen molar-refractivity contribution in [2.75, 3.05) is 0 Å². The second-order valence-corrected chi connectivity index (χ2v) is 6.04. The maximum absolute atomic E-state index is 11.7. The summed E-state index contributed by atoms with van der Waals surface area (Å²) in [7, 11) is 0. The molecule has 0 spiro atoms. The zero-order valence-corrected chi connectivity index (χ0v) is 16.4. The van der Waals surface area contributed by atoms with Crippen LogP contribution in [0.2, 0.25) is 0 Å². The van der Waals surface area contributed by atoms with E-state index in [2.05, 4.69) is 36.3 Å². The summed E-state index contributed by atoms with van der Waals surface area (Å²) in [6, 6.07) is 8.37. The van der Waals surface area contributed by atoms with Gasteiger partial charge < -0.3 is 4.98 Å². The van der Waals surface area contributed by atoms with Crippen LogP contribution in [0.15, 0.2) is 30.5 Å². The van der Waals surface area contributed by atoms with Gasteiger partial charge in [0.15, 0.2) is 0 Å². The van der Waals surface area contributed by atoms with Crippen LogP contribution in [0.5, 0.6) is 0 Å². The number of Topliss-reactive ketones (excluding diaryl/α,β-unsaturated/α-hetero) is 1. The Morgan fingerprint density at radius 1 is 1.35 bits per heavy atom. The SMILES string of the molecule is CCC(CC(C)(C)C(C)=O)c1c[nH]c2ccccc12.[HH].[K]. The van der Waals surface area contributed by atoms with E-state index in [4.69, 9.17) is 0 Å². The molecule has 0 bridgehead atoms. The largest absolute Gasteiger partial charge is 0.361 e. The second kappa shape index (κ2) is 7.37. The van der Waals surface area contributed by atoms with Crippen LogP contribution in [-0.2, 0) is 4.79 Å². The molecule has 0 fully saturated rings. The molecule has 1 aromatic heterocycles. The molecule has 20 heavy (non-hydrogen) atoms. The third-order valence-corrected chi connectivity index (χ3v) is 4.26. The van der Waals surface area contributed by atoms with Crippen LogP contribution in [0.1, 0.15) is 53.4 Å². The van der Waals surface area contributed by atoms with E-state index in [1.165, 1.54) is 16.5 Å². The molecule has 2 aromatic rings. The predicted molar refractivity (Wildman–Crippen MR) is 88.3 cm³/mol. The average molecular weight is 298 g/mol. The van der Waals surface area contributed by atoms with Crippen LogP contribution in [0.4, 0.5) is 0 Å². The molecule has 0 aliphatic carbocycles. The third-order valence-electron chi connectivity index (χ3n) is 4.26. The smallest absolute Gasteiger partial charge is 0.135 e. The number of para-hydroxylation sites is 1. The van der Waals surface area contributed by atoms with Crippen LogP contribution in [0.3, 0.4) is 0 Å². The Hall–Kier alpha value is 0.0664. The van der Waals surface area contributed by atoms with Crippen molar-refractivity contribution in [2.45, 2.75) is 46.5 Å². The number of carbonyl (C=O) groups excluding carboxylic acids is 1. The number of aromatic nitrogens is 1. The van der Waals surface area contributed by atoms with E-state index in [9.17, 15) is 4.79 Å². The first kappa shape index (κ1) is 18.1. The molecule has 1 heterocycles. The summed E-state index contributed by atoms with van der Waals surface area (Å²) in [6.45, 7) is 7.99. The molecular formula is C17H25KNO. The number of fused-ring (bicyclic) bond motifs is 1. The normalized spacial score (nSPS) is 13.0. The van der Waals surface area contributed by atoms with Crippen molar-refractivity contribution >= 4 is 68.1 Å². The van der Waals surface area contributed by atoms with Gasteiger partial charge >= 0.3 is 0 Å². The molecule has 0 aliphatic rings. The van der Waals surface area contributed by atoms with Gasteiger partial charge in [-0.15, -0.1) is 0 Å². The van der Waals surface area contributed by atoms with Crippen LogP contribution in [-0.4, -0.2) is 62.2 Å². The summed E-state index contributed by atoms with van der Waals surface area (Å²) >= 11 is 0. The summed E-state index contributed by atoms with van der Waals surface area (Å²) in [5, 5.41) is 1.29. The van der Waals surface area contributed by atoms with E-state index in [0.29, 0.717) is 5.92 Å². The molecule has 3 heteroatoms. The number of rotatable bonds is 5. The molecule has 0 saturated heterocycles. The van der Waals surface area contributed by atoms with Gasteiger partial charge in [-0.2, -0.15) is 0 Å². The minimum Gasteiger partial charge on any atom is -0.361 e. The predicted octanol–water partition coefficient (Wildman–Crippen LogP) is 4.53. The number of benzene rings is 1. The summed E-state index contributed by atoms with van der Waals surface area (Å²) in [4.78, 5) is 15.1. The molecule has 2 nitrogen and oxygen atoms in total. The van der Waals surface area contributed by atoms with Crippen molar-refractivity contribution < 1.29 is 6.22 Å². The zero-order chi connectivity index (χ0) is 14.0. The number of aromatic amines is 1. The Labute approximate surface area is 165 Å². The van der Waals surface area contributed by atoms with Gasteiger partial charge in [-0.25, -0.2) is 0 Å². The minimum absolute atomic E-state index is 0. The van der Waals surface area contributed by atoms with Crippen molar-refractivity contribution in [3.05, 3.63) is 36.0 Å². The number of carbonyl (C=O) groups is 1. The molecule has 105 valence electrons. The molecule has 1 radical (unpaired) electrons. The zero-order valence-electron chi connectivity index (χ0n) is 13.3. The minimum atomic E-state index is -0.251. The Morgan fingerprint density at radius 3 is 2.60 bits per heavy atom. The van der Waals surface area contributed by atoms with Crippen molar-refractivity contribution in [2.24, 2.45) is 5.41 Å². The molecule has 1 atom stereocenters. The van der Waals surface area contributed by atoms with E-state index in [1.807, 2.05) is 19.9 Å². The first-order chi connectivity index (χ1) is 8.95. The summed E-state index contributed by atoms with van der Waals surface area (Å²) in [6.07, 6.45) is 4.06. The van der Waals surface area contributed by atoms with Gasteiger partial charge in [0.2, 0.25) is 0 Å². The van der Waals surface area contributed by atoms with Gasteiger partial charge in [-0.1, -0.05) is 39.0 Å². The van der Waals surface area contributed by atoms with Crippen LogP contribution in [0.25, 0.3) is 10.9 Å². The summed E-state index contributed by atoms with van der Waals surface area (Å²) in [5.74, 6) is 0.695. The molecule has 1 N–H and O–H groups in total. The summed E-state index contributed by atoms with van der Waals surface area (Å²) in [5.41, 5.74) is 2.27. The fraction of sp³-hybridized carbons (Fsp3) is 0.471. The standard InChI is InChI=1S/C17H23NO.K.H2/c1-5-13(10-17(3,4)12(2)19)15-11-18-16-9-7-6-8-14(15)16;;/h6-9,11,13,18H,5,10H2,1-4H3;;1H. The quantitative estimate of drug-likeness (QED) is 0.808. The topological polar surface area (TPSA) is 32.9 Å². The number of ketones is 1. The number of H-pyrrole nitrogens is 1. The molecule has 0 saturated carbocycles. The van der Waals surface area contributed by atoms with E-state index in [-0.39, 0.29) is 64.0 Å². The van der Waals surface area contributed by atoms with Crippen LogP contribution >= 0.6 is 0 Å². The molecule has 0 aliphatic heterocycles. The first-order valence-corrected chi connectivity index (χ1v) is 7.02. The fourth-order valence-electron chi connectivity index (χ4n) is 2.67. The van der Waals surface area contributed by atoms with E-state index >= 15 is 0 Å². The van der Waals surface area contributed by atoms with Crippen molar-refractivity contribution in [1.29, 1.82) is 0 Å². The van der Waals surface area contributed by atoms with Crippen LogP contribution < -0.4 is 0 Å². The van der Waals surface area contributed by atoms with Gasteiger partial charge in [0, 0.05) is 75.3 Å². The maximum atomic E-state index is 11.7. The summed E-state index contributed by atoms with van der Waals surface area (Å²) < 4.78 is 0. The van der Waals surface area contributed by atoms with Gasteiger partial charge in [-0.05, 0) is 37.3 Å². The number of hydrogen-bond donors (Lipinski definition) is 1. The van der Waals surface area contributed by atoms with E-state index < -0.39 is 0 Å². The van der Waals surface area contributed by atoms with Crippen molar-refractivity contribution in [1.82, 2.24) is 4.98 Å². The third kappa shape index (κ3) is 3.83. The Bertz CT molecular complexity index is 591. The van der Waals surface area contributed by atoms with Gasteiger partial charge in [0.1, 0.15) is 5.78 Å². The Balaban J connectivity index is 0.00000200.